The minimum Gasteiger partial charge on any atom is -0.463 e. The molecule has 0 atom stereocenters. The van der Waals surface area contributed by atoms with Gasteiger partial charge < -0.3 is 4.42 Å². The lowest BCUT2D eigenvalue weighted by Gasteiger charge is -2.08. The Labute approximate surface area is 134 Å². The van der Waals surface area contributed by atoms with E-state index in [0.717, 1.165) is 12.1 Å². The van der Waals surface area contributed by atoms with Gasteiger partial charge in [0.25, 0.3) is 0 Å². The van der Waals surface area contributed by atoms with Gasteiger partial charge in [-0.1, -0.05) is 30.0 Å². The van der Waals surface area contributed by atoms with Crippen molar-refractivity contribution in [3.8, 4) is 11.5 Å². The third-order valence-corrected chi connectivity index (χ3v) is 4.05. The van der Waals surface area contributed by atoms with Crippen molar-refractivity contribution in [2.24, 2.45) is 0 Å². The van der Waals surface area contributed by atoms with Crippen LogP contribution in [0.3, 0.4) is 0 Å². The Hall–Kier alpha value is -2.28. The molecule has 0 saturated carbocycles. The first-order chi connectivity index (χ1) is 11.0. The van der Waals surface area contributed by atoms with Crippen LogP contribution in [-0.4, -0.2) is 10.2 Å². The largest absolute Gasteiger partial charge is 0.463 e. The number of hydrogen-bond donors (Lipinski definition) is 0. The summed E-state index contributed by atoms with van der Waals surface area (Å²) in [5.41, 5.74) is 0.551. The van der Waals surface area contributed by atoms with Crippen LogP contribution < -0.4 is 0 Å². The first-order valence-electron chi connectivity index (χ1n) is 6.69. The maximum Gasteiger partial charge on any atom is 0.416 e. The second-order valence-corrected chi connectivity index (χ2v) is 5.72. The highest BCUT2D eigenvalue weighted by atomic mass is 32.2. The predicted molar refractivity (Wildman–Crippen MR) is 80.7 cm³/mol. The summed E-state index contributed by atoms with van der Waals surface area (Å²) in [5.74, 6) is 1.01. The van der Waals surface area contributed by atoms with Crippen molar-refractivity contribution < 1.29 is 17.6 Å². The summed E-state index contributed by atoms with van der Waals surface area (Å²) < 4.78 is 43.2. The van der Waals surface area contributed by atoms with Crippen LogP contribution in [0, 0.1) is 0 Å². The highest BCUT2D eigenvalue weighted by molar-refractivity contribution is 7.98. The average Bonchev–Trinajstić information content (AvgIpc) is 3.07. The van der Waals surface area contributed by atoms with E-state index < -0.39 is 11.7 Å². The standard InChI is InChI=1S/C16H11F3N2OS/c17-16(18,19)12-4-1-3-11(9-12)10-23-15-7-6-13(20-21-15)14-5-2-8-22-14/h1-9H,10H2. The van der Waals surface area contributed by atoms with Crippen molar-refractivity contribution in [2.45, 2.75) is 17.0 Å². The fourth-order valence-corrected chi connectivity index (χ4v) is 2.70. The van der Waals surface area contributed by atoms with Crippen LogP contribution in [0.5, 0.6) is 0 Å². The lowest BCUT2D eigenvalue weighted by atomic mass is 10.1. The Bertz CT molecular complexity index is 771. The van der Waals surface area contributed by atoms with Gasteiger partial charge in [-0.25, -0.2) is 0 Å². The molecule has 3 rings (SSSR count). The topological polar surface area (TPSA) is 38.9 Å². The molecule has 0 N–H and O–H groups in total. The minimum absolute atomic E-state index is 0.388. The number of nitrogens with zero attached hydrogens (tertiary/aromatic N) is 2. The molecule has 0 amide bonds. The Morgan fingerprint density at radius 2 is 1.87 bits per heavy atom. The zero-order valence-corrected chi connectivity index (χ0v) is 12.6. The molecule has 0 saturated heterocycles. The van der Waals surface area contributed by atoms with E-state index in [1.807, 2.05) is 0 Å². The highest BCUT2D eigenvalue weighted by Gasteiger charge is 2.30. The maximum atomic E-state index is 12.7. The molecule has 23 heavy (non-hydrogen) atoms. The lowest BCUT2D eigenvalue weighted by Crippen LogP contribution is -2.04. The molecule has 0 aliphatic carbocycles. The van der Waals surface area contributed by atoms with Gasteiger partial charge in [0.05, 0.1) is 11.8 Å². The lowest BCUT2D eigenvalue weighted by molar-refractivity contribution is -0.137. The molecular formula is C16H11F3N2OS. The maximum absolute atomic E-state index is 12.7. The number of benzene rings is 1. The normalized spacial score (nSPS) is 11.6. The third-order valence-electron chi connectivity index (χ3n) is 3.05. The van der Waals surface area contributed by atoms with E-state index in [4.69, 9.17) is 4.42 Å². The summed E-state index contributed by atoms with van der Waals surface area (Å²) in [4.78, 5) is 0. The molecule has 118 valence electrons. The molecule has 0 bridgehead atoms. The number of aromatic nitrogens is 2. The molecule has 2 aromatic heterocycles. The molecule has 7 heteroatoms. The molecule has 0 aliphatic rings. The Morgan fingerprint density at radius 3 is 2.52 bits per heavy atom. The van der Waals surface area contributed by atoms with Gasteiger partial charge in [0.2, 0.25) is 0 Å². The molecule has 0 aliphatic heterocycles. The van der Waals surface area contributed by atoms with Crippen molar-refractivity contribution in [2.75, 3.05) is 0 Å². The molecule has 0 fully saturated rings. The van der Waals surface area contributed by atoms with E-state index in [9.17, 15) is 13.2 Å². The quantitative estimate of drug-likeness (QED) is 0.625. The van der Waals surface area contributed by atoms with E-state index >= 15 is 0 Å². The van der Waals surface area contributed by atoms with Gasteiger partial charge in [0, 0.05) is 5.75 Å². The van der Waals surface area contributed by atoms with Gasteiger partial charge in [-0.2, -0.15) is 13.2 Å². The smallest absolute Gasteiger partial charge is 0.416 e. The average molecular weight is 336 g/mol. The van der Waals surface area contributed by atoms with E-state index in [-0.39, 0.29) is 0 Å². The third kappa shape index (κ3) is 3.92. The first kappa shape index (κ1) is 15.6. The Balaban J connectivity index is 1.67. The number of hydrogen-bond acceptors (Lipinski definition) is 4. The molecular weight excluding hydrogens is 325 g/mol. The second kappa shape index (κ2) is 6.45. The van der Waals surface area contributed by atoms with Gasteiger partial charge in [0.1, 0.15) is 10.7 Å². The van der Waals surface area contributed by atoms with Crippen molar-refractivity contribution in [3.05, 3.63) is 65.9 Å². The van der Waals surface area contributed by atoms with Crippen molar-refractivity contribution in [1.29, 1.82) is 0 Å². The van der Waals surface area contributed by atoms with E-state index in [0.29, 0.717) is 27.8 Å². The predicted octanol–water partition coefficient (Wildman–Crippen LogP) is 5.05. The van der Waals surface area contributed by atoms with Crippen LogP contribution in [-0.2, 0) is 11.9 Å². The Morgan fingerprint density at radius 1 is 1.00 bits per heavy atom. The van der Waals surface area contributed by atoms with Gasteiger partial charge in [-0.05, 0) is 35.9 Å². The molecule has 3 aromatic rings. The zero-order valence-electron chi connectivity index (χ0n) is 11.7. The van der Waals surface area contributed by atoms with Crippen molar-refractivity contribution >= 4 is 11.8 Å². The molecule has 2 heterocycles. The summed E-state index contributed by atoms with van der Waals surface area (Å²) in [7, 11) is 0. The van der Waals surface area contributed by atoms with Gasteiger partial charge in [0.15, 0.2) is 5.76 Å². The number of rotatable bonds is 4. The zero-order chi connectivity index (χ0) is 16.3. The van der Waals surface area contributed by atoms with Crippen LogP contribution >= 0.6 is 11.8 Å². The van der Waals surface area contributed by atoms with Crippen LogP contribution in [0.1, 0.15) is 11.1 Å². The van der Waals surface area contributed by atoms with Gasteiger partial charge >= 0.3 is 6.18 Å². The van der Waals surface area contributed by atoms with Gasteiger partial charge in [-0.3, -0.25) is 0 Å². The summed E-state index contributed by atoms with van der Waals surface area (Å²) >= 11 is 1.33. The number of furan rings is 1. The highest BCUT2D eigenvalue weighted by Crippen LogP contribution is 2.31. The molecule has 0 radical (unpaired) electrons. The summed E-state index contributed by atoms with van der Waals surface area (Å²) in [5, 5.41) is 8.73. The molecule has 3 nitrogen and oxygen atoms in total. The Kier molecular flexibility index (Phi) is 4.38. The molecule has 0 spiro atoms. The monoisotopic (exact) mass is 336 g/mol. The van der Waals surface area contributed by atoms with Crippen LogP contribution in [0.15, 0.2) is 64.2 Å². The fraction of sp³-hybridized carbons (Fsp3) is 0.125. The first-order valence-corrected chi connectivity index (χ1v) is 7.67. The van der Waals surface area contributed by atoms with E-state index in [2.05, 4.69) is 10.2 Å². The minimum atomic E-state index is -4.33. The fourth-order valence-electron chi connectivity index (χ4n) is 1.95. The molecule has 0 unspecified atom stereocenters. The number of halogens is 3. The van der Waals surface area contributed by atoms with E-state index in [1.165, 1.54) is 17.8 Å². The number of alkyl halides is 3. The summed E-state index contributed by atoms with van der Waals surface area (Å²) in [6.07, 6.45) is -2.78. The van der Waals surface area contributed by atoms with Crippen molar-refractivity contribution in [1.82, 2.24) is 10.2 Å². The van der Waals surface area contributed by atoms with Crippen LogP contribution in [0.25, 0.3) is 11.5 Å². The molecule has 1 aromatic carbocycles. The number of thioether (sulfide) groups is 1. The van der Waals surface area contributed by atoms with Crippen molar-refractivity contribution in [3.63, 3.8) is 0 Å². The van der Waals surface area contributed by atoms with Crippen LogP contribution in [0.4, 0.5) is 13.2 Å². The SMILES string of the molecule is FC(F)(F)c1cccc(CSc2ccc(-c3ccco3)nn2)c1. The van der Waals surface area contributed by atoms with E-state index in [1.54, 1.807) is 36.6 Å². The van der Waals surface area contributed by atoms with Crippen LogP contribution in [0.2, 0.25) is 0 Å². The van der Waals surface area contributed by atoms with Gasteiger partial charge in [-0.15, -0.1) is 10.2 Å². The second-order valence-electron chi connectivity index (χ2n) is 4.72. The summed E-state index contributed by atoms with van der Waals surface area (Å²) in [6.45, 7) is 0. The summed E-state index contributed by atoms with van der Waals surface area (Å²) in [6, 6.07) is 12.3.